The summed E-state index contributed by atoms with van der Waals surface area (Å²) in [4.78, 5) is 51.3. The fourth-order valence-electron chi connectivity index (χ4n) is 5.07. The third-order valence-electron chi connectivity index (χ3n) is 7.40. The lowest BCUT2D eigenvalue weighted by atomic mass is 9.83. The maximum Gasteiger partial charge on any atom is 0.405 e. The molecule has 0 fully saturated rings. The van der Waals surface area contributed by atoms with Gasteiger partial charge >= 0.3 is 6.09 Å². The zero-order valence-electron chi connectivity index (χ0n) is 24.7. The molecule has 0 unspecified atom stereocenters. The van der Waals surface area contributed by atoms with E-state index in [1.807, 2.05) is 13.8 Å². The van der Waals surface area contributed by atoms with E-state index >= 15 is 0 Å². The quantitative estimate of drug-likeness (QED) is 0.260. The summed E-state index contributed by atoms with van der Waals surface area (Å²) in [6.07, 6.45) is -0.429. The number of ether oxygens (including phenoxy) is 4. The van der Waals surface area contributed by atoms with Gasteiger partial charge in [-0.2, -0.15) is 0 Å². The monoisotopic (exact) mass is 574 g/mol. The van der Waals surface area contributed by atoms with Crippen molar-refractivity contribution in [3.63, 3.8) is 0 Å². The van der Waals surface area contributed by atoms with Gasteiger partial charge in [-0.25, -0.2) is 4.79 Å². The zero-order valence-corrected chi connectivity index (χ0v) is 24.7. The summed E-state index contributed by atoms with van der Waals surface area (Å²) in [7, 11) is 4.21. The summed E-state index contributed by atoms with van der Waals surface area (Å²) in [5.41, 5.74) is 5.93. The summed E-state index contributed by atoms with van der Waals surface area (Å²) in [6, 6.07) is 0. The number of nitrogens with one attached hydrogen (secondary N) is 1. The number of hydrogen-bond acceptors (Lipinski definition) is 9. The number of hydrogen-bond donors (Lipinski definition) is 3. The molecule has 6 atom stereocenters. The fraction of sp³-hybridized carbons (Fsp3) is 0.533. The van der Waals surface area contributed by atoms with Crippen LogP contribution in [0.15, 0.2) is 59.1 Å². The Morgan fingerprint density at radius 2 is 1.73 bits per heavy atom. The number of nitrogens with two attached hydrogens (primary N) is 1. The van der Waals surface area contributed by atoms with Gasteiger partial charge < -0.3 is 35.1 Å². The summed E-state index contributed by atoms with van der Waals surface area (Å²) in [5, 5.41) is 13.7. The van der Waals surface area contributed by atoms with Crippen LogP contribution in [0.1, 0.15) is 46.5 Å². The van der Waals surface area contributed by atoms with Crippen molar-refractivity contribution in [2.45, 2.75) is 70.9 Å². The van der Waals surface area contributed by atoms with E-state index in [4.69, 9.17) is 24.7 Å². The van der Waals surface area contributed by atoms with Crippen molar-refractivity contribution in [1.82, 2.24) is 5.32 Å². The van der Waals surface area contributed by atoms with E-state index in [1.54, 1.807) is 12.2 Å². The number of carbonyl (C=O) groups excluding carboxylic acids is 4. The fourth-order valence-corrected chi connectivity index (χ4v) is 5.07. The smallest absolute Gasteiger partial charge is 0.405 e. The molecule has 0 radical (unpaired) electrons. The molecule has 0 aromatic rings. The van der Waals surface area contributed by atoms with Crippen molar-refractivity contribution in [2.24, 2.45) is 17.6 Å². The Hall–Kier alpha value is -3.54. The number of fused-ring (bicyclic) bond motifs is 2. The topological polar surface area (TPSA) is 163 Å². The van der Waals surface area contributed by atoms with E-state index in [2.05, 4.69) is 18.5 Å². The molecule has 0 aromatic heterocycles. The van der Waals surface area contributed by atoms with Gasteiger partial charge in [-0.1, -0.05) is 39.2 Å². The van der Waals surface area contributed by atoms with Crippen molar-refractivity contribution in [1.29, 1.82) is 0 Å². The summed E-state index contributed by atoms with van der Waals surface area (Å²) < 4.78 is 21.8. The number of amides is 2. The van der Waals surface area contributed by atoms with Crippen molar-refractivity contribution >= 4 is 23.6 Å². The van der Waals surface area contributed by atoms with Gasteiger partial charge in [0.15, 0.2) is 11.9 Å². The number of aliphatic hydroxyl groups excluding tert-OH is 1. The molecule has 41 heavy (non-hydrogen) atoms. The summed E-state index contributed by atoms with van der Waals surface area (Å²) in [5.74, 6) is -2.35. The van der Waals surface area contributed by atoms with Gasteiger partial charge in [0.2, 0.25) is 11.6 Å². The predicted octanol–water partition coefficient (Wildman–Crippen LogP) is 2.80. The highest BCUT2D eigenvalue weighted by molar-refractivity contribution is 6.25. The Labute approximate surface area is 241 Å². The molecule has 11 nitrogen and oxygen atoms in total. The molecular formula is C30H42N2O9. The van der Waals surface area contributed by atoms with E-state index in [1.165, 1.54) is 28.3 Å². The van der Waals surface area contributed by atoms with Crippen molar-refractivity contribution in [3.8, 4) is 0 Å². The number of ketones is 2. The zero-order chi connectivity index (χ0) is 31.0. The predicted molar refractivity (Wildman–Crippen MR) is 151 cm³/mol. The third kappa shape index (κ3) is 8.25. The second-order valence-corrected chi connectivity index (χ2v) is 10.6. The number of Topliss-reactive ketones (excluding diaryl/α,β-unsaturated/α-hetero) is 2. The number of carbonyl (C=O) groups is 4. The van der Waals surface area contributed by atoms with Crippen molar-refractivity contribution in [3.05, 3.63) is 59.1 Å². The summed E-state index contributed by atoms with van der Waals surface area (Å²) in [6.45, 7) is 13.0. The second-order valence-electron chi connectivity index (χ2n) is 10.6. The molecule has 1 aliphatic heterocycles. The molecule has 2 aliphatic rings. The van der Waals surface area contributed by atoms with E-state index in [0.717, 1.165) is 0 Å². The molecule has 0 saturated heterocycles. The molecule has 0 aromatic carbocycles. The number of primary amides is 1. The van der Waals surface area contributed by atoms with Crippen LogP contribution in [0, 0.1) is 11.8 Å². The van der Waals surface area contributed by atoms with Crippen LogP contribution in [0.2, 0.25) is 0 Å². The van der Waals surface area contributed by atoms with Crippen molar-refractivity contribution < 1.29 is 43.2 Å². The van der Waals surface area contributed by atoms with Gasteiger partial charge in [0.05, 0.1) is 25.0 Å². The number of methoxy groups -OCH3 is 3. The van der Waals surface area contributed by atoms with E-state index in [-0.39, 0.29) is 59.3 Å². The lowest BCUT2D eigenvalue weighted by Crippen LogP contribution is -2.39. The van der Waals surface area contributed by atoms with Crippen molar-refractivity contribution in [2.75, 3.05) is 21.3 Å². The molecule has 0 saturated carbocycles. The van der Waals surface area contributed by atoms with Crippen LogP contribution in [0.3, 0.4) is 0 Å². The van der Waals surface area contributed by atoms with Crippen LogP contribution >= 0.6 is 0 Å². The normalized spacial score (nSPS) is 30.3. The first kappa shape index (κ1) is 33.7. The molecule has 2 rings (SSSR count). The molecular weight excluding hydrogens is 532 g/mol. The van der Waals surface area contributed by atoms with Crippen LogP contribution in [0.25, 0.3) is 0 Å². The number of allylic oxidation sites excluding steroid dienone is 3. The van der Waals surface area contributed by atoms with Gasteiger partial charge in [0.25, 0.3) is 5.91 Å². The lowest BCUT2D eigenvalue weighted by Gasteiger charge is -2.31. The molecule has 4 N–H and O–H groups in total. The maximum absolute atomic E-state index is 13.5. The van der Waals surface area contributed by atoms with Gasteiger partial charge in [0.1, 0.15) is 6.10 Å². The van der Waals surface area contributed by atoms with E-state index in [9.17, 15) is 24.3 Å². The van der Waals surface area contributed by atoms with Crippen LogP contribution in [0.5, 0.6) is 0 Å². The second kappa shape index (κ2) is 14.9. The first-order valence-corrected chi connectivity index (χ1v) is 13.4. The minimum absolute atomic E-state index is 0.0502. The highest BCUT2D eigenvalue weighted by atomic mass is 16.6. The average molecular weight is 575 g/mol. The molecule has 1 heterocycles. The first-order chi connectivity index (χ1) is 19.3. The Balaban J connectivity index is 2.55. The Morgan fingerprint density at radius 1 is 1.07 bits per heavy atom. The lowest BCUT2D eigenvalue weighted by molar-refractivity contribution is -0.121. The van der Waals surface area contributed by atoms with Crippen LogP contribution < -0.4 is 11.1 Å². The number of rotatable bonds is 4. The number of aliphatic hydroxyl groups is 1. The van der Waals surface area contributed by atoms with Crippen LogP contribution in [0.4, 0.5) is 4.79 Å². The average Bonchev–Trinajstić information content (AvgIpc) is 2.92. The van der Waals surface area contributed by atoms with Gasteiger partial charge in [-0.05, 0) is 50.0 Å². The highest BCUT2D eigenvalue weighted by Gasteiger charge is 2.37. The minimum atomic E-state index is -1.02. The Morgan fingerprint density at radius 3 is 2.29 bits per heavy atom. The molecule has 11 heteroatoms. The van der Waals surface area contributed by atoms with E-state index in [0.29, 0.717) is 12.0 Å². The molecule has 1 aliphatic carbocycles. The van der Waals surface area contributed by atoms with E-state index < -0.39 is 48.0 Å². The van der Waals surface area contributed by atoms with Crippen LogP contribution in [-0.4, -0.2) is 74.4 Å². The molecule has 226 valence electrons. The van der Waals surface area contributed by atoms with Gasteiger partial charge in [0, 0.05) is 30.9 Å². The molecule has 2 bridgehead atoms. The standard InChI is InChI=1S/C30H42N2O9/c1-15-12-20-26(35)23(19(5)25(34)28(20)40-8)32-29(36)16(2)10-9-11-21(38-6)27(41-30(31)37)18(4)14-17(3)24(33)22(13-15)39-7/h9,11,15,17,21-22,24,27,33H,2,4,10,12-14H2,1,3,5-8H3,(H2,31,37)(H,32,36)/b11-9+/t15-,17-,21+,22+,24-,27-/m1/s1. The molecule has 0 spiro atoms. The van der Waals surface area contributed by atoms with Gasteiger partial charge in [-0.3, -0.25) is 14.4 Å². The largest absolute Gasteiger partial charge is 0.492 e. The third-order valence-corrected chi connectivity index (χ3v) is 7.40. The minimum Gasteiger partial charge on any atom is -0.492 e. The highest BCUT2D eigenvalue weighted by Crippen LogP contribution is 2.32. The first-order valence-electron chi connectivity index (χ1n) is 13.4. The Kier molecular flexibility index (Phi) is 12.2. The molecule has 2 amide bonds. The summed E-state index contributed by atoms with van der Waals surface area (Å²) >= 11 is 0. The maximum atomic E-state index is 13.5. The van der Waals surface area contributed by atoms with Crippen LogP contribution in [-0.2, 0) is 33.3 Å². The van der Waals surface area contributed by atoms with Gasteiger partial charge in [-0.15, -0.1) is 0 Å². The Bertz CT molecular complexity index is 1170. The SMILES string of the molecule is C=C1C/C=C/[C@H](OC)[C@H](OC(N)=O)C(=C)C[C@@H](C)[C@@H](O)[C@@H](OC)C[C@H](C)CC2=C(OC)C(=O)C(C)=C(NC1=O)C2=O.